The van der Waals surface area contributed by atoms with Gasteiger partial charge in [0.25, 0.3) is 0 Å². The molecule has 3 nitrogen and oxygen atoms in total. The van der Waals surface area contributed by atoms with Crippen molar-refractivity contribution in [3.05, 3.63) is 231 Å². The Kier molecular flexibility index (Phi) is 27.3. The number of anilines is 3. The quantitative estimate of drug-likeness (QED) is 0.0491. The first kappa shape index (κ1) is 64.3. The number of benzene rings is 7. The topological polar surface area (TPSA) is 28.0 Å². The number of allylic oxidation sites excluding steroid dienone is 4. The summed E-state index contributed by atoms with van der Waals surface area (Å²) in [7, 11) is 3.67. The van der Waals surface area contributed by atoms with E-state index in [1.54, 1.807) is 11.1 Å². The molecule has 0 heterocycles. The standard InChI is InChI=1S/C30H46.C24H27N.C22H22N2.H2S/c1-5-7-9-11-13-15-17-27-23-25(3)19-21-29(27)30-22-20-26(4)24-28(30)18-16-14-12-10-8-6-2;1-5-20(4)21-10-16-24(17-11-21)25(22-12-6-18(2)7-13-22)23-14-8-19(3)9-15-23;1-15-5-9-17(10-6-15)19-13-14-20(22(24-4)21(19)23-3)18-11-7-16(2)8-12-18;/h19-24H,5-18H2,1-4H3;6-17,20H,5H2,1-4H3;5-14H,1-4H3;1H2. The molecule has 7 aromatic carbocycles. The Balaban J connectivity index is 0.000000221. The number of aryl methyl sites for hydroxylation is 8. The van der Waals surface area contributed by atoms with Crippen molar-refractivity contribution in [3.63, 3.8) is 0 Å². The third kappa shape index (κ3) is 19.1. The highest BCUT2D eigenvalue weighted by Crippen LogP contribution is 2.37. The molecule has 0 aliphatic heterocycles. The summed E-state index contributed by atoms with van der Waals surface area (Å²) in [6, 6.07) is 57.8. The van der Waals surface area contributed by atoms with Crippen molar-refractivity contribution in [2.45, 2.75) is 171 Å². The van der Waals surface area contributed by atoms with E-state index in [9.17, 15) is 0 Å². The van der Waals surface area contributed by atoms with Crippen LogP contribution in [0.2, 0.25) is 0 Å². The van der Waals surface area contributed by atoms with Gasteiger partial charge in [0.2, 0.25) is 0 Å². The van der Waals surface area contributed by atoms with Gasteiger partial charge < -0.3 is 4.90 Å². The van der Waals surface area contributed by atoms with Crippen LogP contribution in [0.3, 0.4) is 0 Å². The number of hydrogen-bond acceptors (Lipinski definition) is 3. The number of hydrogen-bond donors (Lipinski definition) is 0. The van der Waals surface area contributed by atoms with Gasteiger partial charge in [-0.05, 0) is 155 Å². The SMILES string of the molecule is CCC(C)c1ccc(N(c2ccc(C)cc2)c2ccc(C)cc2)cc1.CCCCCCCCc1cc(C)ccc1-c1ccc(C)cc1CCCCCCCC.CN=C1C(c2ccc(C)cc2)=CC=C(c2ccc(C)cc2)C1=NC.S. The maximum absolute atomic E-state index is 4.55. The van der Waals surface area contributed by atoms with Gasteiger partial charge in [0.1, 0.15) is 0 Å². The van der Waals surface area contributed by atoms with Crippen molar-refractivity contribution in [2.24, 2.45) is 9.98 Å². The first-order valence-corrected chi connectivity index (χ1v) is 30.1. The molecular weight excluding hydrogens is 987 g/mol. The van der Waals surface area contributed by atoms with Crippen LogP contribution in [0.5, 0.6) is 0 Å². The van der Waals surface area contributed by atoms with Crippen LogP contribution < -0.4 is 4.90 Å². The van der Waals surface area contributed by atoms with Gasteiger partial charge in [0, 0.05) is 42.3 Å². The van der Waals surface area contributed by atoms with Crippen LogP contribution in [0.15, 0.2) is 180 Å². The third-order valence-corrected chi connectivity index (χ3v) is 15.7. The first-order valence-electron chi connectivity index (χ1n) is 30.1. The van der Waals surface area contributed by atoms with E-state index >= 15 is 0 Å². The van der Waals surface area contributed by atoms with Crippen LogP contribution in [-0.2, 0) is 12.8 Å². The second-order valence-corrected chi connectivity index (χ2v) is 22.3. The Morgan fingerprint density at radius 1 is 0.375 bits per heavy atom. The first-order chi connectivity index (χ1) is 38.4. The van der Waals surface area contributed by atoms with E-state index in [1.807, 2.05) is 14.1 Å². The Morgan fingerprint density at radius 2 is 0.688 bits per heavy atom. The molecule has 0 spiro atoms. The summed E-state index contributed by atoms with van der Waals surface area (Å²) in [5.41, 5.74) is 25.4. The van der Waals surface area contributed by atoms with Gasteiger partial charge >= 0.3 is 0 Å². The molecule has 0 radical (unpaired) electrons. The zero-order valence-corrected chi connectivity index (χ0v) is 52.2. The minimum Gasteiger partial charge on any atom is -0.311 e. The second kappa shape index (κ2) is 33.9. The van der Waals surface area contributed by atoms with E-state index in [1.165, 1.54) is 175 Å². The Labute approximate surface area is 493 Å². The lowest BCUT2D eigenvalue weighted by atomic mass is 9.86. The van der Waals surface area contributed by atoms with Crippen LogP contribution in [0.1, 0.15) is 178 Å². The minimum atomic E-state index is 0. The van der Waals surface area contributed by atoms with Crippen LogP contribution in [0.4, 0.5) is 17.1 Å². The van der Waals surface area contributed by atoms with Gasteiger partial charge in [0.15, 0.2) is 0 Å². The molecule has 0 N–H and O–H groups in total. The average molecular weight is 1080 g/mol. The average Bonchev–Trinajstić information content (AvgIpc) is 3.48. The molecule has 0 amide bonds. The summed E-state index contributed by atoms with van der Waals surface area (Å²) < 4.78 is 0. The van der Waals surface area contributed by atoms with Gasteiger partial charge in [-0.3, -0.25) is 9.98 Å². The molecule has 0 saturated heterocycles. The van der Waals surface area contributed by atoms with Crippen molar-refractivity contribution in [2.75, 3.05) is 19.0 Å². The van der Waals surface area contributed by atoms with Crippen molar-refractivity contribution >= 4 is 53.1 Å². The molecule has 0 bridgehead atoms. The number of nitrogens with zero attached hydrogens (tertiary/aromatic N) is 3. The van der Waals surface area contributed by atoms with E-state index in [-0.39, 0.29) is 13.5 Å². The summed E-state index contributed by atoms with van der Waals surface area (Å²) in [5.74, 6) is 0.598. The fraction of sp³-hybridized carbons (Fsp3) is 0.368. The third-order valence-electron chi connectivity index (χ3n) is 15.7. The van der Waals surface area contributed by atoms with E-state index in [0.29, 0.717) is 5.92 Å². The Hall–Kier alpha value is -6.49. The highest BCUT2D eigenvalue weighted by Gasteiger charge is 2.23. The molecule has 422 valence electrons. The van der Waals surface area contributed by atoms with Crippen LogP contribution >= 0.6 is 13.5 Å². The molecule has 1 aliphatic carbocycles. The lowest BCUT2D eigenvalue weighted by molar-refractivity contribution is 0.607. The van der Waals surface area contributed by atoms with Gasteiger partial charge in [-0.15, -0.1) is 0 Å². The minimum absolute atomic E-state index is 0. The fourth-order valence-electron chi connectivity index (χ4n) is 10.6. The molecule has 80 heavy (non-hydrogen) atoms. The van der Waals surface area contributed by atoms with Crippen LogP contribution in [-0.4, -0.2) is 25.5 Å². The molecule has 8 rings (SSSR count). The van der Waals surface area contributed by atoms with Crippen LogP contribution in [0.25, 0.3) is 22.3 Å². The zero-order valence-electron chi connectivity index (χ0n) is 51.2. The number of rotatable bonds is 22. The fourth-order valence-corrected chi connectivity index (χ4v) is 10.6. The summed E-state index contributed by atoms with van der Waals surface area (Å²) in [6.07, 6.45) is 24.3. The van der Waals surface area contributed by atoms with Gasteiger partial charge in [-0.25, -0.2) is 0 Å². The van der Waals surface area contributed by atoms with E-state index < -0.39 is 0 Å². The second-order valence-electron chi connectivity index (χ2n) is 22.3. The van der Waals surface area contributed by atoms with E-state index in [4.69, 9.17) is 0 Å². The predicted octanol–water partition coefficient (Wildman–Crippen LogP) is 22.1. The van der Waals surface area contributed by atoms with Gasteiger partial charge in [0.05, 0.1) is 11.4 Å². The van der Waals surface area contributed by atoms with Crippen molar-refractivity contribution in [1.29, 1.82) is 0 Å². The molecule has 0 fully saturated rings. The van der Waals surface area contributed by atoms with Crippen molar-refractivity contribution in [3.8, 4) is 11.1 Å². The Morgan fingerprint density at radius 3 is 1.02 bits per heavy atom. The molecule has 1 unspecified atom stereocenters. The summed E-state index contributed by atoms with van der Waals surface area (Å²) in [4.78, 5) is 11.4. The summed E-state index contributed by atoms with van der Waals surface area (Å²) in [5, 5.41) is 0. The number of unbranched alkanes of at least 4 members (excludes halogenated alkanes) is 10. The normalized spacial score (nSPS) is 13.3. The largest absolute Gasteiger partial charge is 0.311 e. The van der Waals surface area contributed by atoms with Gasteiger partial charge in [-0.2, -0.15) is 13.5 Å². The monoisotopic (exact) mass is 1080 g/mol. The molecule has 1 atom stereocenters. The van der Waals surface area contributed by atoms with Gasteiger partial charge in [-0.1, -0.05) is 259 Å². The molecule has 1 aliphatic rings. The lowest BCUT2D eigenvalue weighted by Crippen LogP contribution is -2.21. The highest BCUT2D eigenvalue weighted by molar-refractivity contribution is 7.59. The molecule has 4 heteroatoms. The summed E-state index contributed by atoms with van der Waals surface area (Å²) in [6.45, 7) is 22.0. The molecule has 0 saturated carbocycles. The zero-order chi connectivity index (χ0) is 56.5. The maximum atomic E-state index is 4.55. The maximum Gasteiger partial charge on any atom is 0.0907 e. The molecule has 0 aromatic heterocycles. The lowest BCUT2D eigenvalue weighted by Gasteiger charge is -2.26. The Bertz CT molecular complexity index is 2880. The van der Waals surface area contributed by atoms with E-state index in [0.717, 1.165) is 22.6 Å². The van der Waals surface area contributed by atoms with E-state index in [2.05, 4.69) is 254 Å². The number of aliphatic imine (C=N–C) groups is 2. The highest BCUT2D eigenvalue weighted by atomic mass is 32.1. The van der Waals surface area contributed by atoms with Crippen molar-refractivity contribution in [1.82, 2.24) is 0 Å². The predicted molar refractivity (Wildman–Crippen MR) is 360 cm³/mol. The summed E-state index contributed by atoms with van der Waals surface area (Å²) >= 11 is 0. The molecular formula is C76H97N3S. The van der Waals surface area contributed by atoms with Crippen LogP contribution in [0, 0.1) is 41.5 Å². The smallest absolute Gasteiger partial charge is 0.0907 e. The molecule has 7 aromatic rings. The van der Waals surface area contributed by atoms with Crippen molar-refractivity contribution < 1.29 is 0 Å².